The highest BCUT2D eigenvalue weighted by Gasteiger charge is 2.41. The Labute approximate surface area is 302 Å². The molecule has 6 aromatic carbocycles. The van der Waals surface area contributed by atoms with Crippen molar-refractivity contribution in [2.24, 2.45) is 0 Å². The number of hydrogen-bond acceptors (Lipinski definition) is 4. The highest BCUT2D eigenvalue weighted by atomic mass is 16.3. The third-order valence-electron chi connectivity index (χ3n) is 10.5. The van der Waals surface area contributed by atoms with Crippen LogP contribution < -0.4 is 0 Å². The van der Waals surface area contributed by atoms with Crippen molar-refractivity contribution in [2.45, 2.75) is 19.3 Å². The van der Waals surface area contributed by atoms with Gasteiger partial charge in [0.1, 0.15) is 11.1 Å². The zero-order chi connectivity index (χ0) is 34.8. The molecule has 0 radical (unpaired) electrons. The van der Waals surface area contributed by atoms with Gasteiger partial charge < -0.3 is 4.42 Å². The van der Waals surface area contributed by atoms with Gasteiger partial charge in [-0.05, 0) is 40.5 Å². The molecule has 0 saturated heterocycles. The van der Waals surface area contributed by atoms with Crippen LogP contribution in [-0.2, 0) is 5.41 Å². The molecule has 0 fully saturated rings. The van der Waals surface area contributed by atoms with Crippen LogP contribution in [0.4, 0.5) is 0 Å². The van der Waals surface area contributed by atoms with Gasteiger partial charge >= 0.3 is 0 Å². The van der Waals surface area contributed by atoms with Crippen LogP contribution in [0.15, 0.2) is 168 Å². The van der Waals surface area contributed by atoms with Gasteiger partial charge in [-0.1, -0.05) is 159 Å². The summed E-state index contributed by atoms with van der Waals surface area (Å²) in [6, 6.07) is 56.9. The molecule has 0 N–H and O–H groups in total. The first kappa shape index (κ1) is 30.2. The third kappa shape index (κ3) is 4.79. The van der Waals surface area contributed by atoms with E-state index in [0.29, 0.717) is 5.82 Å². The largest absolute Gasteiger partial charge is 0.454 e. The Bertz CT molecular complexity index is 2720. The van der Waals surface area contributed by atoms with E-state index in [0.717, 1.165) is 72.5 Å². The fourth-order valence-electron chi connectivity index (χ4n) is 7.88. The fraction of sp³-hybridized carbons (Fsp3) is 0.0625. The van der Waals surface area contributed by atoms with Crippen LogP contribution in [0.1, 0.15) is 25.0 Å². The number of nitrogens with zero attached hydrogens (tertiary/aromatic N) is 3. The van der Waals surface area contributed by atoms with Crippen molar-refractivity contribution in [3.63, 3.8) is 0 Å². The number of aromatic nitrogens is 3. The highest BCUT2D eigenvalue weighted by Crippen LogP contribution is 2.55. The summed E-state index contributed by atoms with van der Waals surface area (Å²) in [5.41, 5.74) is 16.6. The number of furan rings is 1. The second kappa shape index (κ2) is 11.7. The first-order chi connectivity index (χ1) is 25.5. The van der Waals surface area contributed by atoms with Crippen molar-refractivity contribution in [3.05, 3.63) is 175 Å². The van der Waals surface area contributed by atoms with E-state index in [1.165, 1.54) is 22.3 Å². The third-order valence-corrected chi connectivity index (χ3v) is 10.5. The summed E-state index contributed by atoms with van der Waals surface area (Å²) in [5.74, 6) is 0.712. The van der Waals surface area contributed by atoms with Gasteiger partial charge in [-0.25, -0.2) is 15.0 Å². The van der Waals surface area contributed by atoms with Gasteiger partial charge in [0, 0.05) is 44.2 Å². The maximum absolute atomic E-state index is 6.56. The Morgan fingerprint density at radius 3 is 1.71 bits per heavy atom. The van der Waals surface area contributed by atoms with Crippen LogP contribution in [0.25, 0.3) is 89.5 Å². The normalized spacial score (nSPS) is 13.0. The van der Waals surface area contributed by atoms with Gasteiger partial charge in [0.2, 0.25) is 0 Å². The van der Waals surface area contributed by atoms with Crippen LogP contribution in [-0.4, -0.2) is 15.0 Å². The van der Waals surface area contributed by atoms with E-state index >= 15 is 0 Å². The minimum Gasteiger partial charge on any atom is -0.454 e. The van der Waals surface area contributed by atoms with Crippen molar-refractivity contribution in [2.75, 3.05) is 0 Å². The van der Waals surface area contributed by atoms with Crippen molar-refractivity contribution in [3.8, 4) is 67.4 Å². The lowest BCUT2D eigenvalue weighted by molar-refractivity contribution is 0.619. The predicted molar refractivity (Wildman–Crippen MR) is 212 cm³/mol. The molecule has 3 aromatic heterocycles. The zero-order valence-corrected chi connectivity index (χ0v) is 28.8. The number of pyridine rings is 1. The van der Waals surface area contributed by atoms with Crippen LogP contribution in [0.2, 0.25) is 0 Å². The van der Waals surface area contributed by atoms with Crippen LogP contribution in [0.5, 0.6) is 0 Å². The summed E-state index contributed by atoms with van der Waals surface area (Å²) in [5, 5.41) is 1.04. The minimum atomic E-state index is -0.231. The predicted octanol–water partition coefficient (Wildman–Crippen LogP) is 12.4. The van der Waals surface area contributed by atoms with Gasteiger partial charge in [-0.15, -0.1) is 0 Å². The number of hydrogen-bond donors (Lipinski definition) is 0. The van der Waals surface area contributed by atoms with Crippen molar-refractivity contribution >= 4 is 22.1 Å². The quantitative estimate of drug-likeness (QED) is 0.183. The molecule has 246 valence electrons. The van der Waals surface area contributed by atoms with E-state index in [4.69, 9.17) is 19.4 Å². The lowest BCUT2D eigenvalue weighted by atomic mass is 9.82. The van der Waals surface area contributed by atoms with Crippen LogP contribution in [0.3, 0.4) is 0 Å². The Morgan fingerprint density at radius 1 is 0.481 bits per heavy atom. The lowest BCUT2D eigenvalue weighted by Gasteiger charge is -2.21. The van der Waals surface area contributed by atoms with Gasteiger partial charge in [0.15, 0.2) is 11.4 Å². The molecule has 4 heteroatoms. The molecule has 1 aliphatic carbocycles. The molecule has 1 aliphatic rings. The zero-order valence-electron chi connectivity index (χ0n) is 28.8. The maximum Gasteiger partial charge on any atom is 0.160 e. The summed E-state index contributed by atoms with van der Waals surface area (Å²) in [7, 11) is 0. The Kier molecular flexibility index (Phi) is 6.80. The molecule has 0 amide bonds. The molecule has 0 aliphatic heterocycles. The summed E-state index contributed by atoms with van der Waals surface area (Å²) in [6.45, 7) is 4.60. The van der Waals surface area contributed by atoms with Crippen LogP contribution >= 0.6 is 0 Å². The van der Waals surface area contributed by atoms with Crippen molar-refractivity contribution in [1.82, 2.24) is 15.0 Å². The Hall–Kier alpha value is -6.65. The molecule has 0 unspecified atom stereocenters. The topological polar surface area (TPSA) is 51.8 Å². The first-order valence-corrected chi connectivity index (χ1v) is 17.7. The summed E-state index contributed by atoms with van der Waals surface area (Å²) >= 11 is 0. The number of para-hydroxylation sites is 1. The molecule has 0 bridgehead atoms. The average Bonchev–Trinajstić information content (AvgIpc) is 3.70. The molecule has 0 saturated carbocycles. The van der Waals surface area contributed by atoms with Crippen molar-refractivity contribution in [1.29, 1.82) is 0 Å². The van der Waals surface area contributed by atoms with Crippen molar-refractivity contribution < 1.29 is 4.42 Å². The van der Waals surface area contributed by atoms with Gasteiger partial charge in [0.25, 0.3) is 0 Å². The van der Waals surface area contributed by atoms with E-state index in [1.54, 1.807) is 0 Å². The number of rotatable bonds is 5. The lowest BCUT2D eigenvalue weighted by Crippen LogP contribution is -2.15. The Morgan fingerprint density at radius 2 is 1.02 bits per heavy atom. The fourth-order valence-corrected chi connectivity index (χ4v) is 7.88. The minimum absolute atomic E-state index is 0.231. The molecular weight excluding hydrogens is 635 g/mol. The van der Waals surface area contributed by atoms with E-state index in [-0.39, 0.29) is 5.41 Å². The van der Waals surface area contributed by atoms with E-state index in [9.17, 15) is 0 Å². The molecule has 3 heterocycles. The number of benzene rings is 6. The smallest absolute Gasteiger partial charge is 0.160 e. The summed E-state index contributed by atoms with van der Waals surface area (Å²) in [6.07, 6.45) is 0. The monoisotopic (exact) mass is 667 g/mol. The van der Waals surface area contributed by atoms with Gasteiger partial charge in [-0.2, -0.15) is 0 Å². The van der Waals surface area contributed by atoms with E-state index in [2.05, 4.69) is 129 Å². The second-order valence-electron chi connectivity index (χ2n) is 14.0. The first-order valence-electron chi connectivity index (χ1n) is 17.7. The molecule has 0 atom stereocenters. The van der Waals surface area contributed by atoms with Gasteiger partial charge in [0.05, 0.1) is 17.1 Å². The standard InChI is InChI=1S/C48H33N3O/c1-48(2)38-19-11-9-17-36(38)42-43(48)46-45(37-18-10-12-20-41(37)52-46)51-44(42)34-27-23-31(24-28-34)30-21-25-33(26-22-30)40-29-39(32-13-5-3-6-14-32)49-47(50-40)35-15-7-4-8-16-35/h3-29H,1-2H3. The SMILES string of the molecule is CC1(C)c2ccccc2-c2c(-c3ccc(-c4ccc(-c5cc(-c6ccccc6)nc(-c6ccccc6)n5)cc4)cc3)nc3c(oc4ccccc43)c21. The van der Waals surface area contributed by atoms with E-state index in [1.807, 2.05) is 48.5 Å². The second-order valence-corrected chi connectivity index (χ2v) is 14.0. The average molecular weight is 668 g/mol. The van der Waals surface area contributed by atoms with E-state index < -0.39 is 0 Å². The molecule has 4 nitrogen and oxygen atoms in total. The molecule has 9 aromatic rings. The van der Waals surface area contributed by atoms with Crippen LogP contribution in [0, 0.1) is 0 Å². The Balaban J connectivity index is 1.04. The molecule has 0 spiro atoms. The summed E-state index contributed by atoms with van der Waals surface area (Å²) in [4.78, 5) is 15.3. The molecule has 10 rings (SSSR count). The maximum atomic E-state index is 6.56. The van der Waals surface area contributed by atoms with Gasteiger partial charge in [-0.3, -0.25) is 0 Å². The molecule has 52 heavy (non-hydrogen) atoms. The number of fused-ring (bicyclic) bond motifs is 7. The molecular formula is C48H33N3O. The summed E-state index contributed by atoms with van der Waals surface area (Å²) < 4.78 is 6.56. The highest BCUT2D eigenvalue weighted by molar-refractivity contribution is 6.09.